The Morgan fingerprint density at radius 3 is 2.76 bits per heavy atom. The highest BCUT2D eigenvalue weighted by Crippen LogP contribution is 2.26. The van der Waals surface area contributed by atoms with Gasteiger partial charge in [-0.3, -0.25) is 4.79 Å². The highest BCUT2D eigenvalue weighted by atomic mass is 35.5. The van der Waals surface area contributed by atoms with Crippen LogP contribution < -0.4 is 4.90 Å². The minimum atomic E-state index is -0.819. The highest BCUT2D eigenvalue weighted by Gasteiger charge is 2.13. The van der Waals surface area contributed by atoms with Crippen LogP contribution in [0, 0.1) is 6.92 Å². The first kappa shape index (κ1) is 13.8. The summed E-state index contributed by atoms with van der Waals surface area (Å²) in [5.41, 5.74) is 1.85. The number of aliphatic carboxylic acids is 1. The molecule has 17 heavy (non-hydrogen) atoms. The average Bonchev–Trinajstić information content (AvgIpc) is 2.28. The second kappa shape index (κ2) is 6.50. The molecule has 0 amide bonds. The molecule has 0 aliphatic heterocycles. The van der Waals surface area contributed by atoms with Gasteiger partial charge < -0.3 is 10.0 Å². The number of benzene rings is 1. The Kier molecular flexibility index (Phi) is 5.29. The summed E-state index contributed by atoms with van der Waals surface area (Å²) in [6, 6.07) is 5.59. The van der Waals surface area contributed by atoms with E-state index < -0.39 is 5.97 Å². The van der Waals surface area contributed by atoms with Crippen LogP contribution in [0.5, 0.6) is 0 Å². The van der Waals surface area contributed by atoms with E-state index in [9.17, 15) is 4.79 Å². The Balaban J connectivity index is 2.94. The zero-order valence-electron chi connectivity index (χ0n) is 10.2. The van der Waals surface area contributed by atoms with Gasteiger partial charge >= 0.3 is 5.97 Å². The number of anilines is 1. The molecular weight excluding hydrogens is 238 g/mol. The SMILES string of the molecule is CCCCN(CC(=O)O)c1cccc(Cl)c1C. The fourth-order valence-electron chi connectivity index (χ4n) is 1.74. The summed E-state index contributed by atoms with van der Waals surface area (Å²) in [5, 5.41) is 9.61. The smallest absolute Gasteiger partial charge is 0.323 e. The van der Waals surface area contributed by atoms with Gasteiger partial charge in [-0.1, -0.05) is 31.0 Å². The molecular formula is C13H18ClNO2. The van der Waals surface area contributed by atoms with Crippen molar-refractivity contribution in [2.24, 2.45) is 0 Å². The summed E-state index contributed by atoms with van der Waals surface area (Å²) in [6.45, 7) is 4.76. The van der Waals surface area contributed by atoms with Crippen molar-refractivity contribution < 1.29 is 9.90 Å². The van der Waals surface area contributed by atoms with Gasteiger partial charge in [0.25, 0.3) is 0 Å². The quantitative estimate of drug-likeness (QED) is 0.848. The first-order valence-corrected chi connectivity index (χ1v) is 6.16. The molecule has 0 radical (unpaired) electrons. The maximum Gasteiger partial charge on any atom is 0.323 e. The van der Waals surface area contributed by atoms with E-state index in [1.807, 2.05) is 30.0 Å². The third-order valence-electron chi connectivity index (χ3n) is 2.69. The second-order valence-electron chi connectivity index (χ2n) is 4.05. The Bertz CT molecular complexity index is 393. The van der Waals surface area contributed by atoms with Gasteiger partial charge in [-0.25, -0.2) is 0 Å². The molecule has 3 nitrogen and oxygen atoms in total. The third kappa shape index (κ3) is 3.93. The fourth-order valence-corrected chi connectivity index (χ4v) is 1.91. The molecule has 0 bridgehead atoms. The lowest BCUT2D eigenvalue weighted by Crippen LogP contribution is -2.31. The van der Waals surface area contributed by atoms with Crippen molar-refractivity contribution in [2.45, 2.75) is 26.7 Å². The number of halogens is 1. The van der Waals surface area contributed by atoms with E-state index in [4.69, 9.17) is 16.7 Å². The Hall–Kier alpha value is -1.22. The summed E-state index contributed by atoms with van der Waals surface area (Å²) in [7, 11) is 0. The van der Waals surface area contributed by atoms with Crippen molar-refractivity contribution in [3.8, 4) is 0 Å². The number of carbonyl (C=O) groups is 1. The summed E-state index contributed by atoms with van der Waals surface area (Å²) in [5.74, 6) is -0.819. The molecule has 0 saturated carbocycles. The molecule has 0 saturated heterocycles. The first-order valence-electron chi connectivity index (χ1n) is 5.78. The molecule has 1 aromatic carbocycles. The minimum Gasteiger partial charge on any atom is -0.480 e. The predicted octanol–water partition coefficient (Wildman–Crippen LogP) is 3.34. The number of hydrogen-bond acceptors (Lipinski definition) is 2. The summed E-state index contributed by atoms with van der Waals surface area (Å²) >= 11 is 6.05. The molecule has 0 aliphatic carbocycles. The summed E-state index contributed by atoms with van der Waals surface area (Å²) < 4.78 is 0. The largest absolute Gasteiger partial charge is 0.480 e. The lowest BCUT2D eigenvalue weighted by molar-refractivity contribution is -0.135. The summed E-state index contributed by atoms with van der Waals surface area (Å²) in [6.07, 6.45) is 2.01. The topological polar surface area (TPSA) is 40.5 Å². The van der Waals surface area contributed by atoms with Gasteiger partial charge in [-0.05, 0) is 31.0 Å². The van der Waals surface area contributed by atoms with Crippen LogP contribution >= 0.6 is 11.6 Å². The van der Waals surface area contributed by atoms with Crippen LogP contribution in [0.25, 0.3) is 0 Å². The number of unbranched alkanes of at least 4 members (excludes halogenated alkanes) is 1. The van der Waals surface area contributed by atoms with Gasteiger partial charge in [-0.15, -0.1) is 0 Å². The molecule has 0 heterocycles. The molecule has 0 aliphatic rings. The third-order valence-corrected chi connectivity index (χ3v) is 3.10. The average molecular weight is 256 g/mol. The molecule has 0 spiro atoms. The van der Waals surface area contributed by atoms with Crippen molar-refractivity contribution in [1.29, 1.82) is 0 Å². The van der Waals surface area contributed by atoms with Crippen LogP contribution in [0.4, 0.5) is 5.69 Å². The van der Waals surface area contributed by atoms with Crippen molar-refractivity contribution in [1.82, 2.24) is 0 Å². The molecule has 94 valence electrons. The Labute approximate surface area is 107 Å². The Morgan fingerprint density at radius 2 is 2.18 bits per heavy atom. The fraction of sp³-hybridized carbons (Fsp3) is 0.462. The lowest BCUT2D eigenvalue weighted by Gasteiger charge is -2.24. The van der Waals surface area contributed by atoms with Gasteiger partial charge in [0.05, 0.1) is 0 Å². The molecule has 0 unspecified atom stereocenters. The number of rotatable bonds is 6. The van der Waals surface area contributed by atoms with Crippen molar-refractivity contribution >= 4 is 23.3 Å². The zero-order chi connectivity index (χ0) is 12.8. The number of carboxylic acids is 1. The van der Waals surface area contributed by atoms with Gasteiger partial charge in [0, 0.05) is 17.3 Å². The van der Waals surface area contributed by atoms with Crippen LogP contribution in [0.3, 0.4) is 0 Å². The maximum absolute atomic E-state index is 10.9. The van der Waals surface area contributed by atoms with E-state index >= 15 is 0 Å². The standard InChI is InChI=1S/C13H18ClNO2/c1-3-4-8-15(9-13(16)17)12-7-5-6-11(14)10(12)2/h5-7H,3-4,8-9H2,1-2H3,(H,16,17). The van der Waals surface area contributed by atoms with E-state index in [1.54, 1.807) is 0 Å². The van der Waals surface area contributed by atoms with Crippen molar-refractivity contribution in [2.75, 3.05) is 18.0 Å². The number of nitrogens with zero attached hydrogens (tertiary/aromatic N) is 1. The van der Waals surface area contributed by atoms with Gasteiger partial charge in [0.2, 0.25) is 0 Å². The predicted molar refractivity (Wildman–Crippen MR) is 70.9 cm³/mol. The van der Waals surface area contributed by atoms with Gasteiger partial charge in [-0.2, -0.15) is 0 Å². The molecule has 0 atom stereocenters. The number of hydrogen-bond donors (Lipinski definition) is 1. The van der Waals surface area contributed by atoms with Gasteiger partial charge in [0.1, 0.15) is 6.54 Å². The zero-order valence-corrected chi connectivity index (χ0v) is 11.0. The van der Waals surface area contributed by atoms with E-state index in [-0.39, 0.29) is 6.54 Å². The molecule has 1 aromatic rings. The molecule has 1 rings (SSSR count). The minimum absolute atomic E-state index is 0.0151. The van der Waals surface area contributed by atoms with Crippen LogP contribution in [-0.2, 0) is 4.79 Å². The van der Waals surface area contributed by atoms with E-state index in [2.05, 4.69) is 6.92 Å². The highest BCUT2D eigenvalue weighted by molar-refractivity contribution is 6.31. The molecule has 0 aromatic heterocycles. The monoisotopic (exact) mass is 255 g/mol. The van der Waals surface area contributed by atoms with E-state index in [0.29, 0.717) is 5.02 Å². The van der Waals surface area contributed by atoms with Gasteiger partial charge in [0.15, 0.2) is 0 Å². The Morgan fingerprint density at radius 1 is 1.47 bits per heavy atom. The van der Waals surface area contributed by atoms with Crippen LogP contribution in [0.1, 0.15) is 25.3 Å². The van der Waals surface area contributed by atoms with E-state index in [1.165, 1.54) is 0 Å². The molecule has 0 fully saturated rings. The normalized spacial score (nSPS) is 10.3. The molecule has 1 N–H and O–H groups in total. The van der Waals surface area contributed by atoms with Crippen LogP contribution in [-0.4, -0.2) is 24.2 Å². The van der Waals surface area contributed by atoms with Crippen LogP contribution in [0.15, 0.2) is 18.2 Å². The lowest BCUT2D eigenvalue weighted by atomic mass is 10.1. The molecule has 4 heteroatoms. The summed E-state index contributed by atoms with van der Waals surface area (Å²) in [4.78, 5) is 12.7. The second-order valence-corrected chi connectivity index (χ2v) is 4.46. The maximum atomic E-state index is 10.9. The van der Waals surface area contributed by atoms with Crippen LogP contribution in [0.2, 0.25) is 5.02 Å². The van der Waals surface area contributed by atoms with Crippen molar-refractivity contribution in [3.63, 3.8) is 0 Å². The number of carboxylic acid groups (broad SMARTS) is 1. The first-order chi connectivity index (χ1) is 8.06. The van der Waals surface area contributed by atoms with E-state index in [0.717, 1.165) is 30.6 Å². The van der Waals surface area contributed by atoms with Crippen molar-refractivity contribution in [3.05, 3.63) is 28.8 Å².